The van der Waals surface area contributed by atoms with E-state index in [4.69, 9.17) is 10.3 Å². The summed E-state index contributed by atoms with van der Waals surface area (Å²) in [7, 11) is 0. The molecule has 1 aromatic heterocycles. The van der Waals surface area contributed by atoms with Gasteiger partial charge in [0.15, 0.2) is 5.82 Å². The molecule has 0 saturated carbocycles. The van der Waals surface area contributed by atoms with Crippen molar-refractivity contribution in [1.82, 2.24) is 10.1 Å². The largest absolute Gasteiger partial charge is 0.338 e. The van der Waals surface area contributed by atoms with Crippen LogP contribution in [-0.4, -0.2) is 10.1 Å². The van der Waals surface area contributed by atoms with Gasteiger partial charge in [-0.05, 0) is 12.8 Å². The summed E-state index contributed by atoms with van der Waals surface area (Å²) in [6.07, 6.45) is 3.40. The van der Waals surface area contributed by atoms with Gasteiger partial charge in [-0.15, -0.1) is 6.58 Å². The predicted molar refractivity (Wildman–Crippen MR) is 54.7 cm³/mol. The van der Waals surface area contributed by atoms with Crippen LogP contribution in [0.5, 0.6) is 0 Å². The first kappa shape index (κ1) is 10.9. The van der Waals surface area contributed by atoms with E-state index in [0.717, 1.165) is 12.2 Å². The maximum absolute atomic E-state index is 5.79. The number of hydrogen-bond acceptors (Lipinski definition) is 4. The van der Waals surface area contributed by atoms with E-state index in [0.29, 0.717) is 18.2 Å². The van der Waals surface area contributed by atoms with Gasteiger partial charge in [-0.2, -0.15) is 4.98 Å². The van der Waals surface area contributed by atoms with Crippen molar-refractivity contribution in [3.63, 3.8) is 0 Å². The molecule has 0 bridgehead atoms. The van der Waals surface area contributed by atoms with Crippen LogP contribution in [0.3, 0.4) is 0 Å². The smallest absolute Gasteiger partial charge is 0.243 e. The van der Waals surface area contributed by atoms with Crippen molar-refractivity contribution < 1.29 is 4.52 Å². The van der Waals surface area contributed by atoms with Crippen LogP contribution < -0.4 is 5.73 Å². The predicted octanol–water partition coefficient (Wildman–Crippen LogP) is 2.16. The van der Waals surface area contributed by atoms with Crippen LogP contribution in [0, 0.1) is 0 Å². The van der Waals surface area contributed by atoms with Gasteiger partial charge < -0.3 is 10.3 Å². The Hall–Kier alpha value is -1.16. The van der Waals surface area contributed by atoms with Crippen LogP contribution in [0.25, 0.3) is 0 Å². The van der Waals surface area contributed by atoms with Crippen molar-refractivity contribution in [2.24, 2.45) is 5.73 Å². The third kappa shape index (κ3) is 2.42. The second kappa shape index (κ2) is 4.91. The lowest BCUT2D eigenvalue weighted by molar-refractivity contribution is 0.349. The molecule has 0 radical (unpaired) electrons. The Bertz CT molecular complexity index is 295. The third-order valence-corrected chi connectivity index (χ3v) is 2.25. The second-order valence-corrected chi connectivity index (χ2v) is 3.43. The van der Waals surface area contributed by atoms with Crippen molar-refractivity contribution in [3.8, 4) is 0 Å². The normalized spacial score (nSPS) is 15.1. The Morgan fingerprint density at radius 2 is 2.36 bits per heavy atom. The minimum Gasteiger partial charge on any atom is -0.338 e. The van der Waals surface area contributed by atoms with Gasteiger partial charge in [-0.25, -0.2) is 0 Å². The molecule has 0 fully saturated rings. The van der Waals surface area contributed by atoms with E-state index in [9.17, 15) is 0 Å². The topological polar surface area (TPSA) is 64.9 Å². The number of rotatable bonds is 5. The first-order valence-corrected chi connectivity index (χ1v) is 4.89. The SMILES string of the molecule is C=CCC(N)c1nc(C(C)CC)no1. The summed E-state index contributed by atoms with van der Waals surface area (Å²) in [5, 5.41) is 3.89. The molecule has 0 spiro atoms. The summed E-state index contributed by atoms with van der Waals surface area (Å²) >= 11 is 0. The summed E-state index contributed by atoms with van der Waals surface area (Å²) in [5.74, 6) is 1.56. The van der Waals surface area contributed by atoms with Crippen molar-refractivity contribution in [1.29, 1.82) is 0 Å². The van der Waals surface area contributed by atoms with E-state index in [1.54, 1.807) is 6.08 Å². The molecule has 0 aliphatic rings. The molecular weight excluding hydrogens is 178 g/mol. The average molecular weight is 195 g/mol. The fraction of sp³-hybridized carbons (Fsp3) is 0.600. The van der Waals surface area contributed by atoms with E-state index in [-0.39, 0.29) is 6.04 Å². The van der Waals surface area contributed by atoms with Gasteiger partial charge in [0.2, 0.25) is 5.89 Å². The van der Waals surface area contributed by atoms with Crippen molar-refractivity contribution in [2.45, 2.75) is 38.6 Å². The summed E-state index contributed by atoms with van der Waals surface area (Å²) in [6.45, 7) is 7.77. The number of nitrogens with zero attached hydrogens (tertiary/aromatic N) is 2. The van der Waals surface area contributed by atoms with Gasteiger partial charge in [0.05, 0.1) is 6.04 Å². The third-order valence-electron chi connectivity index (χ3n) is 2.25. The van der Waals surface area contributed by atoms with E-state index in [1.807, 2.05) is 0 Å². The monoisotopic (exact) mass is 195 g/mol. The summed E-state index contributed by atoms with van der Waals surface area (Å²) < 4.78 is 5.07. The molecule has 0 aliphatic carbocycles. The van der Waals surface area contributed by atoms with E-state index < -0.39 is 0 Å². The van der Waals surface area contributed by atoms with Crippen LogP contribution >= 0.6 is 0 Å². The number of nitrogens with two attached hydrogens (primary N) is 1. The highest BCUT2D eigenvalue weighted by atomic mass is 16.5. The zero-order valence-electron chi connectivity index (χ0n) is 8.73. The van der Waals surface area contributed by atoms with Crippen LogP contribution in [0.15, 0.2) is 17.2 Å². The Balaban J connectivity index is 2.71. The summed E-state index contributed by atoms with van der Waals surface area (Å²) in [6, 6.07) is -0.224. The van der Waals surface area contributed by atoms with Gasteiger partial charge in [0.1, 0.15) is 0 Å². The van der Waals surface area contributed by atoms with Gasteiger partial charge >= 0.3 is 0 Å². The quantitative estimate of drug-likeness (QED) is 0.731. The van der Waals surface area contributed by atoms with Gasteiger partial charge in [-0.3, -0.25) is 0 Å². The summed E-state index contributed by atoms with van der Waals surface area (Å²) in [4.78, 5) is 4.25. The molecule has 4 heteroatoms. The Kier molecular flexibility index (Phi) is 3.83. The summed E-state index contributed by atoms with van der Waals surface area (Å²) in [5.41, 5.74) is 5.79. The Morgan fingerprint density at radius 1 is 1.64 bits per heavy atom. The molecule has 4 nitrogen and oxygen atoms in total. The van der Waals surface area contributed by atoms with Crippen LogP contribution in [0.1, 0.15) is 50.4 Å². The van der Waals surface area contributed by atoms with Crippen LogP contribution in [0.2, 0.25) is 0 Å². The molecule has 1 aromatic rings. The molecule has 0 aromatic carbocycles. The maximum Gasteiger partial charge on any atom is 0.243 e. The zero-order chi connectivity index (χ0) is 10.6. The lowest BCUT2D eigenvalue weighted by atomic mass is 10.1. The molecule has 2 N–H and O–H groups in total. The van der Waals surface area contributed by atoms with E-state index in [2.05, 4.69) is 30.6 Å². The molecule has 2 unspecified atom stereocenters. The van der Waals surface area contributed by atoms with Crippen LogP contribution in [0.4, 0.5) is 0 Å². The van der Waals surface area contributed by atoms with Gasteiger partial charge in [-0.1, -0.05) is 25.1 Å². The van der Waals surface area contributed by atoms with E-state index in [1.165, 1.54) is 0 Å². The Labute approximate surface area is 84.2 Å². The first-order valence-electron chi connectivity index (χ1n) is 4.89. The highest BCUT2D eigenvalue weighted by Gasteiger charge is 2.16. The maximum atomic E-state index is 5.79. The number of hydrogen-bond donors (Lipinski definition) is 1. The second-order valence-electron chi connectivity index (χ2n) is 3.43. The molecule has 1 heterocycles. The lowest BCUT2D eigenvalue weighted by Crippen LogP contribution is -2.09. The lowest BCUT2D eigenvalue weighted by Gasteiger charge is -2.01. The standard InChI is InChI=1S/C10H17N3O/c1-4-6-8(11)10-12-9(13-14-10)7(3)5-2/h4,7-8H,1,5-6,11H2,2-3H3. The minimum atomic E-state index is -0.224. The molecule has 0 amide bonds. The van der Waals surface area contributed by atoms with Crippen molar-refractivity contribution in [2.75, 3.05) is 0 Å². The van der Waals surface area contributed by atoms with Gasteiger partial charge in [0.25, 0.3) is 0 Å². The van der Waals surface area contributed by atoms with E-state index >= 15 is 0 Å². The number of aromatic nitrogens is 2. The van der Waals surface area contributed by atoms with Crippen LogP contribution in [-0.2, 0) is 0 Å². The molecular formula is C10H17N3O. The minimum absolute atomic E-state index is 0.224. The van der Waals surface area contributed by atoms with Crippen molar-refractivity contribution in [3.05, 3.63) is 24.4 Å². The highest BCUT2D eigenvalue weighted by molar-refractivity contribution is 4.97. The molecule has 0 aliphatic heterocycles. The highest BCUT2D eigenvalue weighted by Crippen LogP contribution is 2.18. The Morgan fingerprint density at radius 3 is 2.93 bits per heavy atom. The van der Waals surface area contributed by atoms with Gasteiger partial charge in [0, 0.05) is 5.92 Å². The molecule has 0 saturated heterocycles. The fourth-order valence-electron chi connectivity index (χ4n) is 1.06. The molecule has 78 valence electrons. The zero-order valence-corrected chi connectivity index (χ0v) is 8.73. The molecule has 14 heavy (non-hydrogen) atoms. The first-order chi connectivity index (χ1) is 6.69. The molecule has 1 rings (SSSR count). The fourth-order valence-corrected chi connectivity index (χ4v) is 1.06. The molecule has 2 atom stereocenters. The van der Waals surface area contributed by atoms with Crippen molar-refractivity contribution >= 4 is 0 Å². The average Bonchev–Trinajstić information content (AvgIpc) is 2.66.